The molecular weight excluding hydrogens is 264 g/mol. The van der Waals surface area contributed by atoms with E-state index in [2.05, 4.69) is 4.98 Å². The lowest BCUT2D eigenvalue weighted by Crippen LogP contribution is -2.16. The Morgan fingerprint density at radius 3 is 2.52 bits per heavy atom. The summed E-state index contributed by atoms with van der Waals surface area (Å²) in [5.74, 6) is 0.536. The van der Waals surface area contributed by atoms with Crippen molar-refractivity contribution in [1.29, 1.82) is 10.5 Å². The number of aromatic nitrogens is 1. The molecule has 1 heterocycles. The minimum atomic E-state index is -0.569. The zero-order valence-electron chi connectivity index (χ0n) is 11.2. The van der Waals surface area contributed by atoms with Crippen LogP contribution in [-0.4, -0.2) is 4.98 Å². The van der Waals surface area contributed by atoms with Gasteiger partial charge < -0.3 is 10.7 Å². The van der Waals surface area contributed by atoms with Crippen LogP contribution in [0.5, 0.6) is 0 Å². The summed E-state index contributed by atoms with van der Waals surface area (Å²) in [6, 6.07) is 11.5. The third-order valence-corrected chi connectivity index (χ3v) is 3.69. The number of nitrogens with zero attached hydrogens (tertiary/aromatic N) is 2. The summed E-state index contributed by atoms with van der Waals surface area (Å²) in [6.07, 6.45) is 2.30. The monoisotopic (exact) mass is 276 g/mol. The van der Waals surface area contributed by atoms with E-state index in [9.17, 15) is 15.3 Å². The van der Waals surface area contributed by atoms with Gasteiger partial charge in [0.2, 0.25) is 0 Å². The Morgan fingerprint density at radius 1 is 1.19 bits per heavy atom. The van der Waals surface area contributed by atoms with Crippen LogP contribution in [0.1, 0.15) is 35.4 Å². The molecule has 0 saturated heterocycles. The minimum absolute atomic E-state index is 0.00618. The average Bonchev–Trinajstić information content (AvgIpc) is 3.31. The molecule has 102 valence electrons. The van der Waals surface area contributed by atoms with Gasteiger partial charge in [-0.25, -0.2) is 0 Å². The first kappa shape index (κ1) is 13.0. The highest BCUT2D eigenvalue weighted by molar-refractivity contribution is 5.80. The van der Waals surface area contributed by atoms with Crippen molar-refractivity contribution in [2.45, 2.75) is 18.8 Å². The zero-order valence-corrected chi connectivity index (χ0v) is 11.2. The third kappa shape index (κ3) is 2.15. The van der Waals surface area contributed by atoms with E-state index in [0.717, 1.165) is 12.8 Å². The molecule has 0 radical (unpaired) electrons. The largest absolute Gasteiger partial charge is 0.384 e. The number of nitriles is 2. The standard InChI is InChI=1S/C16H12N4O/c17-7-12-14(13(8-18)16(21)20-15(12)19)11-3-1-2-10(6-11)9-4-5-9/h1-3,6,9H,4-5H2,(H3,19,20,21). The maximum atomic E-state index is 11.9. The van der Waals surface area contributed by atoms with Gasteiger partial charge in [-0.05, 0) is 29.9 Å². The number of nitrogens with two attached hydrogens (primary N) is 1. The molecule has 1 fully saturated rings. The smallest absolute Gasteiger partial charge is 0.268 e. The van der Waals surface area contributed by atoms with Crippen LogP contribution >= 0.6 is 0 Å². The number of nitrogen functional groups attached to an aromatic ring is 1. The molecular formula is C16H12N4O. The predicted octanol–water partition coefficient (Wildman–Crippen LogP) is 2.24. The highest BCUT2D eigenvalue weighted by atomic mass is 16.1. The Balaban J connectivity index is 2.31. The van der Waals surface area contributed by atoms with E-state index in [1.54, 1.807) is 6.07 Å². The third-order valence-electron chi connectivity index (χ3n) is 3.69. The molecule has 0 amide bonds. The topological polar surface area (TPSA) is 106 Å². The Kier molecular flexibility index (Phi) is 2.97. The van der Waals surface area contributed by atoms with Crippen LogP contribution in [0.2, 0.25) is 0 Å². The second kappa shape index (κ2) is 4.81. The summed E-state index contributed by atoms with van der Waals surface area (Å²) in [4.78, 5) is 14.2. The van der Waals surface area contributed by atoms with Crippen molar-refractivity contribution in [3.8, 4) is 23.3 Å². The molecule has 1 aliphatic rings. The molecule has 5 heteroatoms. The van der Waals surface area contributed by atoms with E-state index in [0.29, 0.717) is 17.0 Å². The summed E-state index contributed by atoms with van der Waals surface area (Å²) >= 11 is 0. The van der Waals surface area contributed by atoms with Gasteiger partial charge in [-0.1, -0.05) is 24.3 Å². The Bertz CT molecular complexity index is 863. The van der Waals surface area contributed by atoms with Crippen molar-refractivity contribution in [2.75, 3.05) is 5.73 Å². The van der Waals surface area contributed by atoms with Crippen molar-refractivity contribution in [3.05, 3.63) is 51.3 Å². The van der Waals surface area contributed by atoms with Gasteiger partial charge in [-0.3, -0.25) is 4.79 Å². The first-order valence-electron chi connectivity index (χ1n) is 6.62. The van der Waals surface area contributed by atoms with Crippen molar-refractivity contribution in [2.24, 2.45) is 0 Å². The Labute approximate surface area is 121 Å². The molecule has 1 aromatic heterocycles. The second-order valence-corrected chi connectivity index (χ2v) is 5.12. The van der Waals surface area contributed by atoms with E-state index >= 15 is 0 Å². The van der Waals surface area contributed by atoms with Gasteiger partial charge in [-0.2, -0.15) is 10.5 Å². The molecule has 0 unspecified atom stereocenters. The summed E-state index contributed by atoms with van der Waals surface area (Å²) in [5, 5.41) is 18.5. The van der Waals surface area contributed by atoms with Gasteiger partial charge in [-0.15, -0.1) is 0 Å². The van der Waals surface area contributed by atoms with Crippen LogP contribution in [0.25, 0.3) is 11.1 Å². The lowest BCUT2D eigenvalue weighted by Gasteiger charge is -2.10. The number of benzene rings is 1. The second-order valence-electron chi connectivity index (χ2n) is 5.12. The number of hydrogen-bond acceptors (Lipinski definition) is 4. The lowest BCUT2D eigenvalue weighted by atomic mass is 9.94. The molecule has 1 aromatic carbocycles. The molecule has 0 aliphatic heterocycles. The first-order chi connectivity index (χ1) is 10.2. The molecule has 0 bridgehead atoms. The fourth-order valence-electron chi connectivity index (χ4n) is 2.50. The number of anilines is 1. The number of nitrogens with one attached hydrogen (secondary N) is 1. The Hall–Kier alpha value is -3.05. The Morgan fingerprint density at radius 2 is 1.90 bits per heavy atom. The summed E-state index contributed by atoms with van der Waals surface area (Å²) in [7, 11) is 0. The highest BCUT2D eigenvalue weighted by Crippen LogP contribution is 2.41. The van der Waals surface area contributed by atoms with E-state index in [1.807, 2.05) is 30.3 Å². The van der Waals surface area contributed by atoms with Crippen LogP contribution in [-0.2, 0) is 0 Å². The van der Waals surface area contributed by atoms with Gasteiger partial charge in [0, 0.05) is 5.56 Å². The van der Waals surface area contributed by atoms with Gasteiger partial charge in [0.05, 0.1) is 0 Å². The molecule has 0 spiro atoms. The van der Waals surface area contributed by atoms with E-state index in [1.165, 1.54) is 5.56 Å². The molecule has 1 saturated carbocycles. The molecule has 3 rings (SSSR count). The molecule has 21 heavy (non-hydrogen) atoms. The SMILES string of the molecule is N#Cc1c(N)[nH]c(=O)c(C#N)c1-c1cccc(C2CC2)c1. The van der Waals surface area contributed by atoms with Crippen LogP contribution in [0.15, 0.2) is 29.1 Å². The van der Waals surface area contributed by atoms with E-state index in [-0.39, 0.29) is 16.9 Å². The number of aromatic amines is 1. The summed E-state index contributed by atoms with van der Waals surface area (Å²) in [6.45, 7) is 0. The maximum absolute atomic E-state index is 11.9. The van der Waals surface area contributed by atoms with Crippen molar-refractivity contribution in [1.82, 2.24) is 4.98 Å². The fourth-order valence-corrected chi connectivity index (χ4v) is 2.50. The number of pyridine rings is 1. The molecule has 5 nitrogen and oxygen atoms in total. The van der Waals surface area contributed by atoms with Crippen LogP contribution in [0.3, 0.4) is 0 Å². The van der Waals surface area contributed by atoms with Crippen LogP contribution in [0.4, 0.5) is 5.82 Å². The van der Waals surface area contributed by atoms with Crippen molar-refractivity contribution < 1.29 is 0 Å². The average molecular weight is 276 g/mol. The van der Waals surface area contributed by atoms with Crippen LogP contribution in [0, 0.1) is 22.7 Å². The summed E-state index contributed by atoms with van der Waals surface area (Å²) in [5.41, 5.74) is 7.38. The van der Waals surface area contributed by atoms with E-state index in [4.69, 9.17) is 5.73 Å². The van der Waals surface area contributed by atoms with Crippen molar-refractivity contribution in [3.63, 3.8) is 0 Å². The number of H-pyrrole nitrogens is 1. The summed E-state index contributed by atoms with van der Waals surface area (Å²) < 4.78 is 0. The van der Waals surface area contributed by atoms with Gasteiger partial charge in [0.1, 0.15) is 29.1 Å². The molecule has 2 aromatic rings. The van der Waals surface area contributed by atoms with E-state index < -0.39 is 5.56 Å². The molecule has 1 aliphatic carbocycles. The van der Waals surface area contributed by atoms with Crippen LogP contribution < -0.4 is 11.3 Å². The van der Waals surface area contributed by atoms with Gasteiger partial charge in [0.25, 0.3) is 5.56 Å². The molecule has 3 N–H and O–H groups in total. The maximum Gasteiger partial charge on any atom is 0.268 e. The number of hydrogen-bond donors (Lipinski definition) is 2. The first-order valence-corrected chi connectivity index (χ1v) is 6.62. The van der Waals surface area contributed by atoms with Gasteiger partial charge >= 0.3 is 0 Å². The minimum Gasteiger partial charge on any atom is -0.384 e. The lowest BCUT2D eigenvalue weighted by molar-refractivity contribution is 1.13. The highest BCUT2D eigenvalue weighted by Gasteiger charge is 2.24. The predicted molar refractivity (Wildman–Crippen MR) is 78.3 cm³/mol. The fraction of sp³-hybridized carbons (Fsp3) is 0.188. The number of rotatable bonds is 2. The van der Waals surface area contributed by atoms with Crippen molar-refractivity contribution >= 4 is 5.82 Å². The molecule has 0 atom stereocenters. The quantitative estimate of drug-likeness (QED) is 0.877. The van der Waals surface area contributed by atoms with Gasteiger partial charge in [0.15, 0.2) is 0 Å². The zero-order chi connectivity index (χ0) is 15.0. The normalized spacial score (nSPS) is 13.4.